The van der Waals surface area contributed by atoms with Gasteiger partial charge in [-0.3, -0.25) is 14.5 Å². The fourth-order valence-electron chi connectivity index (χ4n) is 3.93. The van der Waals surface area contributed by atoms with Gasteiger partial charge in [0.05, 0.1) is 28.1 Å². The minimum absolute atomic E-state index is 0.140. The van der Waals surface area contributed by atoms with Crippen LogP contribution in [-0.4, -0.2) is 31.8 Å². The van der Waals surface area contributed by atoms with Crippen LogP contribution in [0.3, 0.4) is 0 Å². The lowest BCUT2D eigenvalue weighted by Gasteiger charge is -2.25. The van der Waals surface area contributed by atoms with Crippen molar-refractivity contribution in [1.29, 1.82) is 0 Å². The van der Waals surface area contributed by atoms with Gasteiger partial charge < -0.3 is 9.84 Å². The first-order valence-electron chi connectivity index (χ1n) is 10.5. The molecule has 0 bridgehead atoms. The van der Waals surface area contributed by atoms with Gasteiger partial charge in [-0.2, -0.15) is 0 Å². The fraction of sp³-hybridized carbons (Fsp3) is 0.120. The number of benzene rings is 3. The molecule has 1 unspecified atom stereocenters. The number of Topliss-reactive ketones (excluding diaryl/α,β-unsaturated/α-hetero) is 1. The molecule has 0 spiro atoms. The molecule has 1 atom stereocenters. The Morgan fingerprint density at radius 1 is 1.06 bits per heavy atom. The Labute approximate surface area is 207 Å². The minimum atomic E-state index is -3.95. The summed E-state index contributed by atoms with van der Waals surface area (Å²) in [5, 5.41) is 16.6. The molecule has 4 rings (SSSR count). The Balaban J connectivity index is 1.92. The number of aliphatic hydroxyl groups excluding tert-OH is 1. The number of carbonyl (C=O) groups excluding carboxylic acids is 2. The van der Waals surface area contributed by atoms with Crippen LogP contribution in [0.1, 0.15) is 24.1 Å². The summed E-state index contributed by atoms with van der Waals surface area (Å²) in [6, 6.07) is 17.6. The van der Waals surface area contributed by atoms with Crippen LogP contribution in [0.4, 0.5) is 5.69 Å². The molecular weight excluding hydrogens is 492 g/mol. The van der Waals surface area contributed by atoms with E-state index >= 15 is 0 Å². The largest absolute Gasteiger partial charge is 0.507 e. The molecule has 0 aromatic heterocycles. The Morgan fingerprint density at radius 3 is 2.31 bits per heavy atom. The third kappa shape index (κ3) is 4.66. The highest BCUT2D eigenvalue weighted by Gasteiger charge is 2.47. The Morgan fingerprint density at radius 2 is 1.71 bits per heavy atom. The number of hydrogen-bond acceptors (Lipinski definition) is 6. The summed E-state index contributed by atoms with van der Waals surface area (Å²) in [6.45, 7) is 2.18. The minimum Gasteiger partial charge on any atom is -0.507 e. The first kappa shape index (κ1) is 24.5. The molecule has 3 aromatic carbocycles. The summed E-state index contributed by atoms with van der Waals surface area (Å²) in [5.74, 6) is -1.82. The number of sulfonamides is 1. The number of hydrogen-bond donors (Lipinski definition) is 2. The van der Waals surface area contributed by atoms with Crippen LogP contribution < -0.4 is 14.8 Å². The number of primary sulfonamides is 1. The van der Waals surface area contributed by atoms with Crippen LogP contribution in [0.15, 0.2) is 83.3 Å². The highest BCUT2D eigenvalue weighted by Crippen LogP contribution is 2.43. The number of aliphatic hydroxyl groups is 1. The van der Waals surface area contributed by atoms with Crippen molar-refractivity contribution in [1.82, 2.24) is 0 Å². The maximum absolute atomic E-state index is 13.2. The SMILES string of the molecule is CCOc1ccc(Cl)c(/C(O)=C2\C(=O)C(=O)N(c3ccc(S(N)(=O)=O)cc3)C2c2ccccc2)c1. The van der Waals surface area contributed by atoms with Gasteiger partial charge in [0, 0.05) is 11.3 Å². The van der Waals surface area contributed by atoms with Gasteiger partial charge >= 0.3 is 0 Å². The van der Waals surface area contributed by atoms with Crippen molar-refractivity contribution in [3.05, 3.63) is 94.5 Å². The average Bonchev–Trinajstić information content (AvgIpc) is 3.10. The van der Waals surface area contributed by atoms with Crippen molar-refractivity contribution in [2.24, 2.45) is 5.14 Å². The van der Waals surface area contributed by atoms with Crippen molar-refractivity contribution in [3.8, 4) is 5.75 Å². The highest BCUT2D eigenvalue weighted by atomic mass is 35.5. The summed E-state index contributed by atoms with van der Waals surface area (Å²) in [5.41, 5.74) is 0.788. The predicted molar refractivity (Wildman–Crippen MR) is 132 cm³/mol. The fourth-order valence-corrected chi connectivity index (χ4v) is 4.66. The standard InChI is InChI=1S/C25H21ClN2O6S/c1-2-34-17-10-13-20(26)19(14-17)23(29)21-22(15-6-4-3-5-7-15)28(25(31)24(21)30)16-8-11-18(12-9-16)35(27,32)33/h3-14,22,29H,2H2,1H3,(H2,27,32,33)/b23-21+. The van der Waals surface area contributed by atoms with Crippen molar-refractivity contribution in [3.63, 3.8) is 0 Å². The molecule has 35 heavy (non-hydrogen) atoms. The average molecular weight is 513 g/mol. The number of ether oxygens (including phenoxy) is 1. The number of ketones is 1. The molecule has 1 aliphatic rings. The zero-order chi connectivity index (χ0) is 25.3. The van der Waals surface area contributed by atoms with Crippen molar-refractivity contribution >= 4 is 44.8 Å². The lowest BCUT2D eigenvalue weighted by Crippen LogP contribution is -2.29. The maximum Gasteiger partial charge on any atom is 0.300 e. The molecule has 1 saturated heterocycles. The van der Waals surface area contributed by atoms with E-state index in [2.05, 4.69) is 0 Å². The van der Waals surface area contributed by atoms with Crippen LogP contribution in [0.25, 0.3) is 5.76 Å². The summed E-state index contributed by atoms with van der Waals surface area (Å²) in [6.07, 6.45) is 0. The van der Waals surface area contributed by atoms with Crippen molar-refractivity contribution in [2.45, 2.75) is 17.9 Å². The molecule has 0 saturated carbocycles. The van der Waals surface area contributed by atoms with Crippen LogP contribution in [-0.2, 0) is 19.6 Å². The van der Waals surface area contributed by atoms with Crippen LogP contribution in [0, 0.1) is 0 Å². The van der Waals surface area contributed by atoms with E-state index in [9.17, 15) is 23.1 Å². The number of nitrogens with two attached hydrogens (primary N) is 1. The molecule has 180 valence electrons. The zero-order valence-corrected chi connectivity index (χ0v) is 20.1. The maximum atomic E-state index is 13.2. The van der Waals surface area contributed by atoms with Gasteiger partial charge in [0.15, 0.2) is 0 Å². The molecule has 3 aromatic rings. The van der Waals surface area contributed by atoms with E-state index < -0.39 is 33.5 Å². The number of nitrogens with zero attached hydrogens (tertiary/aromatic N) is 1. The quantitative estimate of drug-likeness (QED) is 0.292. The summed E-state index contributed by atoms with van der Waals surface area (Å²) in [4.78, 5) is 27.5. The third-order valence-electron chi connectivity index (χ3n) is 5.51. The van der Waals surface area contributed by atoms with E-state index in [1.165, 1.54) is 41.3 Å². The zero-order valence-electron chi connectivity index (χ0n) is 18.5. The number of carbonyl (C=O) groups is 2. The van der Waals surface area contributed by atoms with Crippen LogP contribution in [0.2, 0.25) is 5.02 Å². The van der Waals surface area contributed by atoms with E-state index in [0.29, 0.717) is 17.9 Å². The second kappa shape index (κ2) is 9.53. The van der Waals surface area contributed by atoms with E-state index in [1.807, 2.05) is 0 Å². The highest BCUT2D eigenvalue weighted by molar-refractivity contribution is 7.89. The molecular formula is C25H21ClN2O6S. The van der Waals surface area contributed by atoms with Crippen molar-refractivity contribution < 1.29 is 27.9 Å². The van der Waals surface area contributed by atoms with Gasteiger partial charge in [-0.05, 0) is 55.0 Å². The Bertz CT molecular complexity index is 1440. The summed E-state index contributed by atoms with van der Waals surface area (Å²) in [7, 11) is -3.95. The monoisotopic (exact) mass is 512 g/mol. The topological polar surface area (TPSA) is 127 Å². The van der Waals surface area contributed by atoms with Crippen LogP contribution in [0.5, 0.6) is 5.75 Å². The Hall–Kier alpha value is -3.66. The molecule has 1 amide bonds. The van der Waals surface area contributed by atoms with Gasteiger partial charge in [0.2, 0.25) is 10.0 Å². The van der Waals surface area contributed by atoms with Gasteiger partial charge in [0.1, 0.15) is 11.5 Å². The van der Waals surface area contributed by atoms with E-state index in [-0.39, 0.29) is 26.7 Å². The second-order valence-corrected chi connectivity index (χ2v) is 9.66. The van der Waals surface area contributed by atoms with E-state index in [4.69, 9.17) is 21.5 Å². The molecule has 1 aliphatic heterocycles. The number of rotatable bonds is 6. The predicted octanol–water partition coefficient (Wildman–Crippen LogP) is 4.01. The lowest BCUT2D eigenvalue weighted by molar-refractivity contribution is -0.132. The van der Waals surface area contributed by atoms with Gasteiger partial charge in [-0.1, -0.05) is 41.9 Å². The van der Waals surface area contributed by atoms with Gasteiger partial charge in [-0.15, -0.1) is 0 Å². The van der Waals surface area contributed by atoms with Crippen LogP contribution >= 0.6 is 11.6 Å². The molecule has 3 N–H and O–H groups in total. The molecule has 8 nitrogen and oxygen atoms in total. The normalized spacial score (nSPS) is 17.6. The first-order chi connectivity index (χ1) is 16.6. The van der Waals surface area contributed by atoms with Crippen molar-refractivity contribution in [2.75, 3.05) is 11.5 Å². The van der Waals surface area contributed by atoms with Gasteiger partial charge in [0.25, 0.3) is 11.7 Å². The molecule has 1 heterocycles. The number of anilines is 1. The molecule has 0 radical (unpaired) electrons. The summed E-state index contributed by atoms with van der Waals surface area (Å²) >= 11 is 6.33. The molecule has 10 heteroatoms. The smallest absolute Gasteiger partial charge is 0.300 e. The van der Waals surface area contributed by atoms with E-state index in [1.54, 1.807) is 43.3 Å². The molecule has 0 aliphatic carbocycles. The third-order valence-corrected chi connectivity index (χ3v) is 6.77. The van der Waals surface area contributed by atoms with Gasteiger partial charge in [-0.25, -0.2) is 13.6 Å². The molecule has 1 fully saturated rings. The Kier molecular flexibility index (Phi) is 6.66. The lowest BCUT2D eigenvalue weighted by atomic mass is 9.95. The number of halogens is 1. The second-order valence-electron chi connectivity index (χ2n) is 7.69. The first-order valence-corrected chi connectivity index (χ1v) is 12.5. The number of amides is 1. The van der Waals surface area contributed by atoms with E-state index in [0.717, 1.165) is 0 Å². The summed E-state index contributed by atoms with van der Waals surface area (Å²) < 4.78 is 28.8.